The number of nitrogens with zero attached hydrogens (tertiary/aromatic N) is 1. The number of hydrogen-bond donors (Lipinski definition) is 0. The molecule has 6 nitrogen and oxygen atoms in total. The summed E-state index contributed by atoms with van der Waals surface area (Å²) in [5, 5.41) is 0. The van der Waals surface area contributed by atoms with Crippen LogP contribution in [0.2, 0.25) is 0 Å². The highest BCUT2D eigenvalue weighted by atomic mass is 16.5. The Morgan fingerprint density at radius 2 is 1.71 bits per heavy atom. The van der Waals surface area contributed by atoms with Gasteiger partial charge in [-0.2, -0.15) is 0 Å². The van der Waals surface area contributed by atoms with Gasteiger partial charge in [-0.05, 0) is 18.2 Å². The summed E-state index contributed by atoms with van der Waals surface area (Å²) in [7, 11) is 2.42. The third kappa shape index (κ3) is 1.69. The number of esters is 2. The van der Waals surface area contributed by atoms with E-state index in [1.165, 1.54) is 24.9 Å². The van der Waals surface area contributed by atoms with Gasteiger partial charge in [-0.1, -0.05) is 12.1 Å². The quantitative estimate of drug-likeness (QED) is 0.668. The molecule has 106 valence electrons. The third-order valence-corrected chi connectivity index (χ3v) is 3.41. The fraction of sp³-hybridized carbons (Fsp3) is 0.133. The van der Waals surface area contributed by atoms with Crippen molar-refractivity contribution in [3.05, 3.63) is 52.8 Å². The third-order valence-electron chi connectivity index (χ3n) is 3.41. The first-order valence-corrected chi connectivity index (χ1v) is 6.16. The van der Waals surface area contributed by atoms with Gasteiger partial charge < -0.3 is 9.47 Å². The van der Waals surface area contributed by atoms with E-state index in [1.54, 1.807) is 24.3 Å². The Balaban J connectivity index is 2.34. The zero-order chi connectivity index (χ0) is 15.1. The molecule has 1 aromatic carbocycles. The van der Waals surface area contributed by atoms with E-state index in [0.29, 0.717) is 11.3 Å². The molecule has 0 unspecified atom stereocenters. The molecule has 0 radical (unpaired) electrons. The lowest BCUT2D eigenvalue weighted by Crippen LogP contribution is -2.14. The SMILES string of the molecule is COC(=O)c1cc2n(c1C(=O)OC)-c1ccccc1C2=O. The van der Waals surface area contributed by atoms with Crippen molar-refractivity contribution in [2.75, 3.05) is 14.2 Å². The van der Waals surface area contributed by atoms with Crippen LogP contribution in [0, 0.1) is 0 Å². The Morgan fingerprint density at radius 3 is 2.38 bits per heavy atom. The molecule has 0 fully saturated rings. The van der Waals surface area contributed by atoms with Crippen molar-refractivity contribution in [2.45, 2.75) is 0 Å². The zero-order valence-corrected chi connectivity index (χ0v) is 11.4. The molecule has 1 aliphatic heterocycles. The Kier molecular flexibility index (Phi) is 2.86. The second kappa shape index (κ2) is 4.59. The van der Waals surface area contributed by atoms with Gasteiger partial charge in [-0.3, -0.25) is 9.36 Å². The van der Waals surface area contributed by atoms with Crippen LogP contribution in [-0.2, 0) is 9.47 Å². The lowest BCUT2D eigenvalue weighted by molar-refractivity contribution is 0.0549. The number of carbonyl (C=O) groups excluding carboxylic acids is 3. The van der Waals surface area contributed by atoms with Crippen LogP contribution < -0.4 is 0 Å². The number of benzene rings is 1. The number of carbonyl (C=O) groups is 3. The van der Waals surface area contributed by atoms with Gasteiger partial charge in [0.1, 0.15) is 5.69 Å². The summed E-state index contributed by atoms with van der Waals surface area (Å²) in [4.78, 5) is 36.2. The number of fused-ring (bicyclic) bond motifs is 3. The standard InChI is InChI=1S/C15H11NO5/c1-20-14(18)9-7-11-13(17)8-5-3-4-6-10(8)16(11)12(9)15(19)21-2/h3-7H,1-2H3. The minimum atomic E-state index is -0.703. The molecule has 0 spiro atoms. The maximum atomic E-state index is 12.4. The van der Waals surface area contributed by atoms with Crippen molar-refractivity contribution in [1.82, 2.24) is 4.57 Å². The number of aromatic nitrogens is 1. The van der Waals surface area contributed by atoms with Gasteiger partial charge in [-0.15, -0.1) is 0 Å². The molecule has 1 aromatic heterocycles. The first kappa shape index (κ1) is 13.1. The zero-order valence-electron chi connectivity index (χ0n) is 11.4. The lowest BCUT2D eigenvalue weighted by atomic mass is 10.1. The van der Waals surface area contributed by atoms with Gasteiger partial charge in [0.05, 0.1) is 31.2 Å². The summed E-state index contributed by atoms with van der Waals surface area (Å²) in [6.07, 6.45) is 0. The summed E-state index contributed by atoms with van der Waals surface area (Å²) in [6, 6.07) is 8.23. The summed E-state index contributed by atoms with van der Waals surface area (Å²) >= 11 is 0. The predicted molar refractivity (Wildman–Crippen MR) is 71.9 cm³/mol. The maximum absolute atomic E-state index is 12.4. The number of methoxy groups -OCH3 is 2. The number of ketones is 1. The molecule has 0 aliphatic carbocycles. The predicted octanol–water partition coefficient (Wildman–Crippen LogP) is 1.59. The molecule has 6 heteroatoms. The Morgan fingerprint density at radius 1 is 1.05 bits per heavy atom. The second-order valence-corrected chi connectivity index (χ2v) is 4.46. The van der Waals surface area contributed by atoms with E-state index >= 15 is 0 Å². The highest BCUT2D eigenvalue weighted by molar-refractivity contribution is 6.17. The van der Waals surface area contributed by atoms with E-state index in [-0.39, 0.29) is 22.7 Å². The van der Waals surface area contributed by atoms with E-state index in [0.717, 1.165) is 0 Å². The van der Waals surface area contributed by atoms with E-state index in [2.05, 4.69) is 4.74 Å². The van der Waals surface area contributed by atoms with Crippen LogP contribution >= 0.6 is 0 Å². The van der Waals surface area contributed by atoms with Crippen molar-refractivity contribution >= 4 is 17.7 Å². The van der Waals surface area contributed by atoms with Crippen LogP contribution in [-0.4, -0.2) is 36.5 Å². The second-order valence-electron chi connectivity index (χ2n) is 4.46. The van der Waals surface area contributed by atoms with Gasteiger partial charge in [-0.25, -0.2) is 9.59 Å². The molecule has 2 aromatic rings. The van der Waals surface area contributed by atoms with Crippen LogP contribution in [0.25, 0.3) is 5.69 Å². The first-order chi connectivity index (χ1) is 10.1. The van der Waals surface area contributed by atoms with Crippen molar-refractivity contribution in [2.24, 2.45) is 0 Å². The molecule has 0 saturated heterocycles. The number of rotatable bonds is 2. The van der Waals surface area contributed by atoms with E-state index in [1.807, 2.05) is 0 Å². The monoisotopic (exact) mass is 285 g/mol. The molecule has 0 N–H and O–H groups in total. The van der Waals surface area contributed by atoms with Crippen LogP contribution in [0.5, 0.6) is 0 Å². The summed E-state index contributed by atoms with van der Waals surface area (Å²) in [5.41, 5.74) is 1.29. The first-order valence-electron chi connectivity index (χ1n) is 6.16. The van der Waals surface area contributed by atoms with Gasteiger partial charge in [0.2, 0.25) is 5.78 Å². The molecule has 1 aliphatic rings. The van der Waals surface area contributed by atoms with E-state index < -0.39 is 11.9 Å². The van der Waals surface area contributed by atoms with Gasteiger partial charge in [0.15, 0.2) is 0 Å². The van der Waals surface area contributed by atoms with Crippen LogP contribution in [0.1, 0.15) is 36.9 Å². The van der Waals surface area contributed by atoms with Crippen LogP contribution in [0.3, 0.4) is 0 Å². The average molecular weight is 285 g/mol. The summed E-state index contributed by atoms with van der Waals surface area (Å²) < 4.78 is 10.8. The minimum Gasteiger partial charge on any atom is -0.465 e. The van der Waals surface area contributed by atoms with Crippen LogP contribution in [0.4, 0.5) is 0 Å². The summed E-state index contributed by atoms with van der Waals surface area (Å²) in [5.74, 6) is -1.64. The molecule has 3 rings (SSSR count). The Hall–Kier alpha value is -2.89. The average Bonchev–Trinajstić information content (AvgIpc) is 3.03. The fourth-order valence-electron chi connectivity index (χ4n) is 2.49. The van der Waals surface area contributed by atoms with Gasteiger partial charge >= 0.3 is 11.9 Å². The van der Waals surface area contributed by atoms with E-state index in [9.17, 15) is 14.4 Å². The highest BCUT2D eigenvalue weighted by Crippen LogP contribution is 2.33. The molecule has 0 atom stereocenters. The summed E-state index contributed by atoms with van der Waals surface area (Å²) in [6.45, 7) is 0. The van der Waals surface area contributed by atoms with Gasteiger partial charge in [0, 0.05) is 5.56 Å². The topological polar surface area (TPSA) is 74.6 Å². The van der Waals surface area contributed by atoms with E-state index in [4.69, 9.17) is 4.74 Å². The molecule has 0 saturated carbocycles. The highest BCUT2D eigenvalue weighted by Gasteiger charge is 2.35. The Bertz CT molecular complexity index is 787. The fourth-order valence-corrected chi connectivity index (χ4v) is 2.49. The van der Waals surface area contributed by atoms with Gasteiger partial charge in [0.25, 0.3) is 0 Å². The number of para-hydroxylation sites is 1. The molecule has 0 amide bonds. The van der Waals surface area contributed by atoms with Crippen LogP contribution in [0.15, 0.2) is 30.3 Å². The van der Waals surface area contributed by atoms with Crippen molar-refractivity contribution in [3.8, 4) is 5.69 Å². The molecule has 0 bridgehead atoms. The molecular weight excluding hydrogens is 274 g/mol. The Labute approximate surface area is 119 Å². The lowest BCUT2D eigenvalue weighted by Gasteiger charge is -2.08. The molecule has 21 heavy (non-hydrogen) atoms. The number of ether oxygens (including phenoxy) is 2. The molecule has 2 heterocycles. The minimum absolute atomic E-state index is 0.00218. The number of hydrogen-bond acceptors (Lipinski definition) is 5. The van der Waals surface area contributed by atoms with Crippen molar-refractivity contribution < 1.29 is 23.9 Å². The largest absolute Gasteiger partial charge is 0.465 e. The molecular formula is C15H11NO5. The normalized spacial score (nSPS) is 11.8. The van der Waals surface area contributed by atoms with Crippen molar-refractivity contribution in [3.63, 3.8) is 0 Å². The van der Waals surface area contributed by atoms with Crippen molar-refractivity contribution in [1.29, 1.82) is 0 Å². The smallest absolute Gasteiger partial charge is 0.355 e. The maximum Gasteiger partial charge on any atom is 0.355 e.